The average molecular weight is 264 g/mol. The van der Waals surface area contributed by atoms with E-state index in [-0.39, 0.29) is 17.7 Å². The standard InChI is InChI=1S/C11H28N2O3Si/c1-7-10(13-9(3)12)11(8-2)17(14-4,15-5)16-6/h9-11,13H,7-8,12H2,1-6H3. The lowest BCUT2D eigenvalue weighted by atomic mass is 10.1. The molecule has 0 radical (unpaired) electrons. The predicted molar refractivity (Wildman–Crippen MR) is 71.7 cm³/mol. The molecule has 3 unspecified atom stereocenters. The third-order valence-corrected chi connectivity index (χ3v) is 6.58. The van der Waals surface area contributed by atoms with Gasteiger partial charge in [0.2, 0.25) is 0 Å². The van der Waals surface area contributed by atoms with Crippen LogP contribution < -0.4 is 11.1 Å². The van der Waals surface area contributed by atoms with Crippen molar-refractivity contribution < 1.29 is 13.3 Å². The minimum absolute atomic E-state index is 0.0498. The van der Waals surface area contributed by atoms with Gasteiger partial charge in [0.15, 0.2) is 0 Å². The Balaban J connectivity index is 4.97. The van der Waals surface area contributed by atoms with E-state index in [0.717, 1.165) is 12.8 Å². The van der Waals surface area contributed by atoms with Crippen LogP contribution in [0.4, 0.5) is 0 Å². The molecule has 0 aliphatic rings. The highest BCUT2D eigenvalue weighted by atomic mass is 28.4. The monoisotopic (exact) mass is 264 g/mol. The first-order chi connectivity index (χ1) is 8.01. The van der Waals surface area contributed by atoms with Gasteiger partial charge in [-0.25, -0.2) is 0 Å². The van der Waals surface area contributed by atoms with Gasteiger partial charge in [0.05, 0.1) is 6.17 Å². The largest absolute Gasteiger partial charge is 0.505 e. The van der Waals surface area contributed by atoms with E-state index in [4.69, 9.17) is 19.0 Å². The van der Waals surface area contributed by atoms with E-state index in [1.807, 2.05) is 6.92 Å². The lowest BCUT2D eigenvalue weighted by Crippen LogP contribution is -2.56. The number of rotatable bonds is 9. The first kappa shape index (κ1) is 17.0. The third kappa shape index (κ3) is 4.31. The molecule has 6 heteroatoms. The van der Waals surface area contributed by atoms with Crippen molar-refractivity contribution in [3.05, 3.63) is 0 Å². The summed E-state index contributed by atoms with van der Waals surface area (Å²) < 4.78 is 16.7. The molecule has 0 aromatic rings. The third-order valence-electron chi connectivity index (χ3n) is 3.15. The van der Waals surface area contributed by atoms with Crippen LogP contribution in [0.3, 0.4) is 0 Å². The van der Waals surface area contributed by atoms with E-state index < -0.39 is 8.80 Å². The van der Waals surface area contributed by atoms with Crippen molar-refractivity contribution in [2.75, 3.05) is 21.3 Å². The summed E-state index contributed by atoms with van der Waals surface area (Å²) in [5.41, 5.74) is 6.02. The van der Waals surface area contributed by atoms with Crippen molar-refractivity contribution in [2.24, 2.45) is 5.73 Å². The summed E-state index contributed by atoms with van der Waals surface area (Å²) in [5.74, 6) is 0. The Bertz CT molecular complexity index is 193. The summed E-state index contributed by atoms with van der Waals surface area (Å²) in [6.45, 7) is 6.18. The van der Waals surface area contributed by atoms with Crippen LogP contribution in [0, 0.1) is 0 Å². The molecule has 0 aromatic carbocycles. The topological polar surface area (TPSA) is 65.7 Å². The average Bonchev–Trinajstić information content (AvgIpc) is 2.33. The van der Waals surface area contributed by atoms with Crippen molar-refractivity contribution >= 4 is 8.80 Å². The Hall–Kier alpha value is 0.0169. The van der Waals surface area contributed by atoms with Gasteiger partial charge >= 0.3 is 8.80 Å². The smallest absolute Gasteiger partial charge is 0.377 e. The Morgan fingerprint density at radius 3 is 1.76 bits per heavy atom. The summed E-state index contributed by atoms with van der Waals surface area (Å²) in [7, 11) is 2.34. The maximum atomic E-state index is 5.81. The van der Waals surface area contributed by atoms with Gasteiger partial charge in [0, 0.05) is 32.9 Å². The van der Waals surface area contributed by atoms with Crippen molar-refractivity contribution in [2.45, 2.75) is 51.4 Å². The normalized spacial score (nSPS) is 17.8. The quantitative estimate of drug-likeness (QED) is 0.486. The summed E-state index contributed by atoms with van der Waals surface area (Å²) >= 11 is 0. The fourth-order valence-corrected chi connectivity index (χ4v) is 5.07. The van der Waals surface area contributed by atoms with Gasteiger partial charge in [-0.2, -0.15) is 0 Å². The molecule has 0 amide bonds. The fraction of sp³-hybridized carbons (Fsp3) is 1.00. The van der Waals surface area contributed by atoms with E-state index in [2.05, 4.69) is 19.2 Å². The van der Waals surface area contributed by atoms with Crippen LogP contribution >= 0.6 is 0 Å². The molecular formula is C11H28N2O3Si. The zero-order valence-electron chi connectivity index (χ0n) is 11.9. The Kier molecular flexibility index (Phi) is 8.19. The maximum absolute atomic E-state index is 5.81. The first-order valence-corrected chi connectivity index (χ1v) is 7.98. The van der Waals surface area contributed by atoms with Crippen molar-refractivity contribution in [3.63, 3.8) is 0 Å². The molecule has 3 atom stereocenters. The van der Waals surface area contributed by atoms with Gasteiger partial charge in [0.25, 0.3) is 0 Å². The van der Waals surface area contributed by atoms with Crippen LogP contribution in [0.2, 0.25) is 5.54 Å². The summed E-state index contributed by atoms with van der Waals surface area (Å²) in [4.78, 5) is 0. The van der Waals surface area contributed by atoms with Crippen molar-refractivity contribution in [1.29, 1.82) is 0 Å². The van der Waals surface area contributed by atoms with Gasteiger partial charge in [0.1, 0.15) is 0 Å². The van der Waals surface area contributed by atoms with E-state index in [1.54, 1.807) is 21.3 Å². The van der Waals surface area contributed by atoms with E-state index in [9.17, 15) is 0 Å². The van der Waals surface area contributed by atoms with Crippen molar-refractivity contribution in [1.82, 2.24) is 5.32 Å². The minimum Gasteiger partial charge on any atom is -0.377 e. The molecule has 0 bridgehead atoms. The van der Waals surface area contributed by atoms with Gasteiger partial charge in [-0.3, -0.25) is 5.32 Å². The zero-order chi connectivity index (χ0) is 13.5. The molecule has 0 fully saturated rings. The van der Waals surface area contributed by atoms with Gasteiger partial charge in [-0.1, -0.05) is 13.8 Å². The highest BCUT2D eigenvalue weighted by Crippen LogP contribution is 2.32. The molecule has 0 spiro atoms. The highest BCUT2D eigenvalue weighted by molar-refractivity contribution is 6.62. The molecule has 0 saturated carbocycles. The molecule has 0 aromatic heterocycles. The molecule has 0 heterocycles. The molecule has 17 heavy (non-hydrogen) atoms. The second kappa shape index (κ2) is 8.18. The second-order valence-electron chi connectivity index (χ2n) is 4.20. The molecule has 104 valence electrons. The van der Waals surface area contributed by atoms with Crippen LogP contribution in [0.25, 0.3) is 0 Å². The zero-order valence-corrected chi connectivity index (χ0v) is 12.9. The number of nitrogens with two attached hydrogens (primary N) is 1. The SMILES string of the molecule is CCC(NC(C)N)C(CC)[Si](OC)(OC)OC. The number of hydrogen-bond donors (Lipinski definition) is 2. The van der Waals surface area contributed by atoms with E-state index in [1.165, 1.54) is 0 Å². The fourth-order valence-electron chi connectivity index (χ4n) is 2.34. The highest BCUT2D eigenvalue weighted by Gasteiger charge is 2.49. The van der Waals surface area contributed by atoms with E-state index >= 15 is 0 Å². The number of nitrogens with one attached hydrogen (secondary N) is 1. The summed E-state index contributed by atoms with van der Waals surface area (Å²) in [6.07, 6.45) is 1.84. The lowest BCUT2D eigenvalue weighted by Gasteiger charge is -2.37. The Morgan fingerprint density at radius 2 is 1.53 bits per heavy atom. The maximum Gasteiger partial charge on any atom is 0.505 e. The second-order valence-corrected chi connectivity index (χ2v) is 7.37. The predicted octanol–water partition coefficient (Wildman–Crippen LogP) is 1.32. The van der Waals surface area contributed by atoms with Gasteiger partial charge in [-0.15, -0.1) is 0 Å². The van der Waals surface area contributed by atoms with Crippen LogP contribution in [0.15, 0.2) is 0 Å². The summed E-state index contributed by atoms with van der Waals surface area (Å²) in [6, 6.07) is 0.242. The number of hydrogen-bond acceptors (Lipinski definition) is 5. The molecule has 0 rings (SSSR count). The molecule has 5 nitrogen and oxygen atoms in total. The minimum atomic E-state index is -2.62. The molecular weight excluding hydrogens is 236 g/mol. The Morgan fingerprint density at radius 1 is 1.06 bits per heavy atom. The molecule has 0 saturated heterocycles. The van der Waals surface area contributed by atoms with Crippen molar-refractivity contribution in [3.8, 4) is 0 Å². The molecule has 3 N–H and O–H groups in total. The lowest BCUT2D eigenvalue weighted by molar-refractivity contribution is 0.102. The van der Waals surface area contributed by atoms with E-state index in [0.29, 0.717) is 0 Å². The van der Waals surface area contributed by atoms with Crippen LogP contribution in [-0.4, -0.2) is 42.3 Å². The van der Waals surface area contributed by atoms with Crippen LogP contribution in [0.5, 0.6) is 0 Å². The van der Waals surface area contributed by atoms with Gasteiger partial charge in [-0.05, 0) is 19.8 Å². The van der Waals surface area contributed by atoms with Gasteiger partial charge < -0.3 is 19.0 Å². The molecule has 0 aliphatic carbocycles. The molecule has 0 aliphatic heterocycles. The van der Waals surface area contributed by atoms with Crippen LogP contribution in [-0.2, 0) is 13.3 Å². The first-order valence-electron chi connectivity index (χ1n) is 6.18. The summed E-state index contributed by atoms with van der Waals surface area (Å²) in [5, 5.41) is 3.36. The Labute approximate surface area is 106 Å². The van der Waals surface area contributed by atoms with Crippen LogP contribution in [0.1, 0.15) is 33.6 Å².